The highest BCUT2D eigenvalue weighted by atomic mass is 16.6. The fraction of sp³-hybridized carbons (Fsp3) is 0.873. The number of allylic oxidation sites excluding steroid dienone is 4. The molecule has 0 spiro atoms. The molecule has 358 valence electrons. The van der Waals surface area contributed by atoms with E-state index in [-0.39, 0.29) is 31.1 Å². The van der Waals surface area contributed by atoms with Crippen LogP contribution in [0.1, 0.15) is 290 Å². The van der Waals surface area contributed by atoms with Crippen LogP contribution in [0.4, 0.5) is 0 Å². The lowest BCUT2D eigenvalue weighted by Crippen LogP contribution is -2.30. The molecule has 0 aliphatic rings. The Labute approximate surface area is 379 Å². The summed E-state index contributed by atoms with van der Waals surface area (Å²) in [7, 11) is 0. The Kier molecular flexibility index (Phi) is 48.8. The van der Waals surface area contributed by atoms with Gasteiger partial charge in [0.15, 0.2) is 6.10 Å². The number of hydrogen-bond acceptors (Lipinski definition) is 6. The Morgan fingerprint density at radius 3 is 0.820 bits per heavy atom. The lowest BCUT2D eigenvalue weighted by molar-refractivity contribution is -0.167. The Bertz CT molecular complexity index is 989. The maximum absolute atomic E-state index is 12.8. The molecule has 1 unspecified atom stereocenters. The van der Waals surface area contributed by atoms with Crippen molar-refractivity contribution in [1.29, 1.82) is 0 Å². The van der Waals surface area contributed by atoms with Crippen molar-refractivity contribution in [3.63, 3.8) is 0 Å². The van der Waals surface area contributed by atoms with Crippen LogP contribution in [0.3, 0.4) is 0 Å². The molecule has 0 rings (SSSR count). The summed E-state index contributed by atoms with van der Waals surface area (Å²) in [6.45, 7) is 6.63. The van der Waals surface area contributed by atoms with Gasteiger partial charge in [-0.1, -0.05) is 225 Å². The zero-order valence-electron chi connectivity index (χ0n) is 40.9. The van der Waals surface area contributed by atoms with E-state index in [1.165, 1.54) is 193 Å². The van der Waals surface area contributed by atoms with Crippen LogP contribution >= 0.6 is 0 Å². The molecule has 0 saturated carbocycles. The van der Waals surface area contributed by atoms with Crippen molar-refractivity contribution in [3.05, 3.63) is 24.3 Å². The zero-order chi connectivity index (χ0) is 44.4. The van der Waals surface area contributed by atoms with E-state index in [9.17, 15) is 14.4 Å². The van der Waals surface area contributed by atoms with Crippen molar-refractivity contribution in [2.75, 3.05) is 13.2 Å². The smallest absolute Gasteiger partial charge is 0.306 e. The van der Waals surface area contributed by atoms with Gasteiger partial charge in [0.2, 0.25) is 0 Å². The first kappa shape index (κ1) is 58.9. The van der Waals surface area contributed by atoms with Gasteiger partial charge < -0.3 is 14.2 Å². The van der Waals surface area contributed by atoms with E-state index >= 15 is 0 Å². The molecular weight excluding hydrogens is 757 g/mol. The number of esters is 3. The molecule has 0 saturated heterocycles. The highest BCUT2D eigenvalue weighted by molar-refractivity contribution is 5.71. The molecule has 6 nitrogen and oxygen atoms in total. The van der Waals surface area contributed by atoms with E-state index < -0.39 is 6.10 Å². The molecule has 1 atom stereocenters. The quantitative estimate of drug-likeness (QED) is 0.0262. The third-order valence-electron chi connectivity index (χ3n) is 11.9. The highest BCUT2D eigenvalue weighted by Gasteiger charge is 2.19. The van der Waals surface area contributed by atoms with Crippen molar-refractivity contribution in [2.45, 2.75) is 297 Å². The first-order chi connectivity index (χ1) is 30.0. The average molecular weight is 859 g/mol. The molecule has 0 heterocycles. The predicted molar refractivity (Wildman–Crippen MR) is 261 cm³/mol. The van der Waals surface area contributed by atoms with Crippen LogP contribution in [0.15, 0.2) is 24.3 Å². The molecule has 0 aromatic carbocycles. The minimum atomic E-state index is -0.770. The summed E-state index contributed by atoms with van der Waals surface area (Å²) >= 11 is 0. The van der Waals surface area contributed by atoms with Gasteiger partial charge in [0.05, 0.1) is 0 Å². The minimum Gasteiger partial charge on any atom is -0.462 e. The van der Waals surface area contributed by atoms with Gasteiger partial charge in [-0.2, -0.15) is 0 Å². The number of ether oxygens (including phenoxy) is 3. The minimum absolute atomic E-state index is 0.0710. The largest absolute Gasteiger partial charge is 0.462 e. The molecule has 0 radical (unpaired) electrons. The summed E-state index contributed by atoms with van der Waals surface area (Å²) in [5.41, 5.74) is 0. The molecule has 0 aliphatic carbocycles. The highest BCUT2D eigenvalue weighted by Crippen LogP contribution is 2.15. The topological polar surface area (TPSA) is 78.9 Å². The van der Waals surface area contributed by atoms with E-state index in [4.69, 9.17) is 14.2 Å². The molecule has 0 bridgehead atoms. The first-order valence-electron chi connectivity index (χ1n) is 26.8. The van der Waals surface area contributed by atoms with Crippen LogP contribution in [-0.4, -0.2) is 37.2 Å². The van der Waals surface area contributed by atoms with Crippen LogP contribution in [0.25, 0.3) is 0 Å². The van der Waals surface area contributed by atoms with Crippen molar-refractivity contribution in [2.24, 2.45) is 0 Å². The standard InChI is InChI=1S/C55H102O6/c1-4-7-10-13-16-19-21-23-25-27-29-31-33-36-39-42-45-48-54(57)60-51-52(50-59-53(56)47-44-41-38-35-18-15-12-9-6-3)61-55(58)49-46-43-40-37-34-32-30-28-26-24-22-20-17-14-11-8-5-2/h23-26,52H,4-22,27-51H2,1-3H3/b25-23-,26-24-. The molecule has 6 heteroatoms. The van der Waals surface area contributed by atoms with E-state index in [0.717, 1.165) is 57.8 Å². The van der Waals surface area contributed by atoms with Crippen molar-refractivity contribution in [3.8, 4) is 0 Å². The van der Waals surface area contributed by atoms with Crippen LogP contribution in [0.2, 0.25) is 0 Å². The molecule has 0 amide bonds. The molecule has 0 aromatic heterocycles. The van der Waals surface area contributed by atoms with Gasteiger partial charge in [-0.15, -0.1) is 0 Å². The number of carbonyl (C=O) groups excluding carboxylic acids is 3. The van der Waals surface area contributed by atoms with Crippen molar-refractivity contribution < 1.29 is 28.6 Å². The summed E-state index contributed by atoms with van der Waals surface area (Å²) in [5.74, 6) is -0.869. The second-order valence-electron chi connectivity index (χ2n) is 18.1. The van der Waals surface area contributed by atoms with E-state index in [0.29, 0.717) is 19.3 Å². The summed E-state index contributed by atoms with van der Waals surface area (Å²) in [5, 5.41) is 0. The van der Waals surface area contributed by atoms with Gasteiger partial charge in [-0.05, 0) is 70.6 Å². The lowest BCUT2D eigenvalue weighted by Gasteiger charge is -2.18. The third kappa shape index (κ3) is 48.8. The van der Waals surface area contributed by atoms with Gasteiger partial charge in [0.25, 0.3) is 0 Å². The Hall–Kier alpha value is -2.11. The Morgan fingerprint density at radius 1 is 0.311 bits per heavy atom. The molecule has 0 aliphatic heterocycles. The normalized spacial score (nSPS) is 12.1. The van der Waals surface area contributed by atoms with Crippen LogP contribution in [-0.2, 0) is 28.6 Å². The lowest BCUT2D eigenvalue weighted by atomic mass is 10.1. The number of rotatable bonds is 49. The van der Waals surface area contributed by atoms with Crippen molar-refractivity contribution >= 4 is 17.9 Å². The summed E-state index contributed by atoms with van der Waals surface area (Å²) < 4.78 is 16.8. The summed E-state index contributed by atoms with van der Waals surface area (Å²) in [6, 6.07) is 0. The summed E-state index contributed by atoms with van der Waals surface area (Å²) in [6.07, 6.45) is 57.4. The molecular formula is C55H102O6. The zero-order valence-corrected chi connectivity index (χ0v) is 40.9. The number of unbranched alkanes of at least 4 members (excludes halogenated alkanes) is 34. The third-order valence-corrected chi connectivity index (χ3v) is 11.9. The second-order valence-corrected chi connectivity index (χ2v) is 18.1. The van der Waals surface area contributed by atoms with Crippen molar-refractivity contribution in [1.82, 2.24) is 0 Å². The van der Waals surface area contributed by atoms with E-state index in [2.05, 4.69) is 45.1 Å². The SMILES string of the molecule is CCCCCCCC/C=C\CCCCCCCCCC(=O)OCC(COC(=O)CCCCCCCCCCC)OC(=O)CCCCCCCCC/C=C\CCCCCCCC. The number of carbonyl (C=O) groups is 3. The van der Waals surface area contributed by atoms with Crippen LogP contribution in [0.5, 0.6) is 0 Å². The Balaban J connectivity index is 4.29. The maximum atomic E-state index is 12.8. The molecule has 0 fully saturated rings. The van der Waals surface area contributed by atoms with Gasteiger partial charge in [-0.3, -0.25) is 14.4 Å². The van der Waals surface area contributed by atoms with Crippen LogP contribution < -0.4 is 0 Å². The predicted octanol–water partition coefficient (Wildman–Crippen LogP) is 17.5. The molecule has 0 aromatic rings. The van der Waals surface area contributed by atoms with Gasteiger partial charge in [0, 0.05) is 19.3 Å². The summed E-state index contributed by atoms with van der Waals surface area (Å²) in [4.78, 5) is 37.9. The average Bonchev–Trinajstić information content (AvgIpc) is 3.26. The monoisotopic (exact) mass is 859 g/mol. The number of hydrogen-bond donors (Lipinski definition) is 0. The maximum Gasteiger partial charge on any atom is 0.306 e. The fourth-order valence-corrected chi connectivity index (χ4v) is 7.84. The van der Waals surface area contributed by atoms with Gasteiger partial charge in [-0.25, -0.2) is 0 Å². The van der Waals surface area contributed by atoms with Gasteiger partial charge in [0.1, 0.15) is 13.2 Å². The second kappa shape index (κ2) is 50.5. The van der Waals surface area contributed by atoms with E-state index in [1.54, 1.807) is 0 Å². The van der Waals surface area contributed by atoms with Gasteiger partial charge >= 0.3 is 17.9 Å². The molecule has 61 heavy (non-hydrogen) atoms. The Morgan fingerprint density at radius 2 is 0.541 bits per heavy atom. The van der Waals surface area contributed by atoms with Crippen LogP contribution in [0, 0.1) is 0 Å². The molecule has 0 N–H and O–H groups in total. The first-order valence-corrected chi connectivity index (χ1v) is 26.8. The fourth-order valence-electron chi connectivity index (χ4n) is 7.84. The van der Waals surface area contributed by atoms with E-state index in [1.807, 2.05) is 0 Å².